The number of hydrogen-bond donors (Lipinski definition) is 2. The molecule has 1 heterocycles. The van der Waals surface area contributed by atoms with Crippen molar-refractivity contribution >= 4 is 11.5 Å². The lowest BCUT2D eigenvalue weighted by Gasteiger charge is -2.20. The maximum absolute atomic E-state index is 5.73. The van der Waals surface area contributed by atoms with E-state index < -0.39 is 0 Å². The van der Waals surface area contributed by atoms with Crippen LogP contribution in [0.3, 0.4) is 0 Å². The molecule has 1 aromatic rings. The molecule has 68 valence electrons. The lowest BCUT2D eigenvalue weighted by atomic mass is 10.1. The number of hydrogen-bond acceptors (Lipinski definition) is 3. The van der Waals surface area contributed by atoms with Gasteiger partial charge in [-0.3, -0.25) is 4.99 Å². The third-order valence-corrected chi connectivity index (χ3v) is 2.13. The number of anilines is 1. The third kappa shape index (κ3) is 1.55. The van der Waals surface area contributed by atoms with Gasteiger partial charge in [-0.1, -0.05) is 18.2 Å². The zero-order chi connectivity index (χ0) is 9.26. The third-order valence-electron chi connectivity index (χ3n) is 2.13. The molecular weight excluding hydrogens is 162 g/mol. The molecule has 0 aliphatic carbocycles. The summed E-state index contributed by atoms with van der Waals surface area (Å²) < 4.78 is 0. The van der Waals surface area contributed by atoms with Crippen LogP contribution < -0.4 is 11.1 Å². The summed E-state index contributed by atoms with van der Waals surface area (Å²) in [4.78, 5) is 4.35. The molecule has 0 saturated carbocycles. The van der Waals surface area contributed by atoms with Crippen LogP contribution in [0.25, 0.3) is 0 Å². The van der Waals surface area contributed by atoms with Gasteiger partial charge in [0, 0.05) is 5.69 Å². The van der Waals surface area contributed by atoms with Gasteiger partial charge in [0.25, 0.3) is 0 Å². The number of nitrogens with one attached hydrogen (secondary N) is 1. The fourth-order valence-corrected chi connectivity index (χ4v) is 1.39. The van der Waals surface area contributed by atoms with Gasteiger partial charge in [-0.05, 0) is 18.6 Å². The predicted molar refractivity (Wildman–Crippen MR) is 54.9 cm³/mol. The van der Waals surface area contributed by atoms with Gasteiger partial charge >= 0.3 is 0 Å². The van der Waals surface area contributed by atoms with Crippen molar-refractivity contribution in [3.8, 4) is 0 Å². The molecule has 1 unspecified atom stereocenters. The Labute approximate surface area is 77.7 Å². The Bertz CT molecular complexity index is 342. The molecule has 0 radical (unpaired) electrons. The summed E-state index contributed by atoms with van der Waals surface area (Å²) in [6, 6.07) is 8.13. The summed E-state index contributed by atoms with van der Waals surface area (Å²) in [5, 5.41) is 3.22. The number of para-hydroxylation sites is 1. The van der Waals surface area contributed by atoms with E-state index in [-0.39, 0.29) is 6.04 Å². The standard InChI is InChI=1S/C10H13N3/c1-7(11)10-12-6-8-4-2-3-5-9(8)13-10/h2-5,7H,6,11H2,1H3,(H,12,13). The number of nitrogens with two attached hydrogens (primary N) is 1. The van der Waals surface area contributed by atoms with E-state index in [1.807, 2.05) is 25.1 Å². The van der Waals surface area contributed by atoms with E-state index in [1.165, 1.54) is 5.56 Å². The molecule has 0 spiro atoms. The fourth-order valence-electron chi connectivity index (χ4n) is 1.39. The maximum atomic E-state index is 5.73. The molecule has 1 aromatic carbocycles. The number of aliphatic imine (C=N–C) groups is 1. The number of benzene rings is 1. The number of nitrogens with zero attached hydrogens (tertiary/aromatic N) is 1. The highest BCUT2D eigenvalue weighted by molar-refractivity contribution is 6.00. The fraction of sp³-hybridized carbons (Fsp3) is 0.300. The first kappa shape index (κ1) is 8.26. The van der Waals surface area contributed by atoms with Crippen molar-refractivity contribution in [2.45, 2.75) is 19.5 Å². The van der Waals surface area contributed by atoms with E-state index in [4.69, 9.17) is 5.73 Å². The van der Waals surface area contributed by atoms with Crippen LogP contribution in [-0.4, -0.2) is 11.9 Å². The average molecular weight is 175 g/mol. The Kier molecular flexibility index (Phi) is 2.02. The topological polar surface area (TPSA) is 50.4 Å². The zero-order valence-electron chi connectivity index (χ0n) is 7.62. The van der Waals surface area contributed by atoms with E-state index >= 15 is 0 Å². The monoisotopic (exact) mass is 175 g/mol. The van der Waals surface area contributed by atoms with Gasteiger partial charge in [0.05, 0.1) is 12.6 Å². The lowest BCUT2D eigenvalue weighted by molar-refractivity contribution is 0.926. The number of amidine groups is 1. The van der Waals surface area contributed by atoms with Crippen molar-refractivity contribution in [1.82, 2.24) is 0 Å². The van der Waals surface area contributed by atoms with Gasteiger partial charge in [-0.2, -0.15) is 0 Å². The number of rotatable bonds is 1. The van der Waals surface area contributed by atoms with Gasteiger partial charge in [-0.15, -0.1) is 0 Å². The van der Waals surface area contributed by atoms with E-state index in [9.17, 15) is 0 Å². The van der Waals surface area contributed by atoms with Crippen molar-refractivity contribution in [3.05, 3.63) is 29.8 Å². The van der Waals surface area contributed by atoms with Crippen molar-refractivity contribution in [3.63, 3.8) is 0 Å². The van der Waals surface area contributed by atoms with Crippen molar-refractivity contribution in [2.75, 3.05) is 5.32 Å². The maximum Gasteiger partial charge on any atom is 0.118 e. The van der Waals surface area contributed by atoms with Crippen LogP contribution in [0.1, 0.15) is 12.5 Å². The molecule has 0 aromatic heterocycles. The Balaban J connectivity index is 2.28. The molecule has 0 amide bonds. The van der Waals surface area contributed by atoms with E-state index in [1.54, 1.807) is 0 Å². The summed E-state index contributed by atoms with van der Waals surface area (Å²) in [5.41, 5.74) is 8.09. The molecule has 0 saturated heterocycles. The molecule has 3 N–H and O–H groups in total. The van der Waals surface area contributed by atoms with Crippen LogP contribution in [0.15, 0.2) is 29.3 Å². The molecular formula is C10H13N3. The van der Waals surface area contributed by atoms with Crippen molar-refractivity contribution in [1.29, 1.82) is 0 Å². The normalized spacial score (nSPS) is 16.9. The van der Waals surface area contributed by atoms with E-state index in [2.05, 4.69) is 16.4 Å². The Morgan fingerprint density at radius 1 is 1.46 bits per heavy atom. The molecule has 3 nitrogen and oxygen atoms in total. The molecule has 0 bridgehead atoms. The molecule has 1 atom stereocenters. The molecule has 2 rings (SSSR count). The van der Waals surface area contributed by atoms with Gasteiger partial charge in [0.1, 0.15) is 5.84 Å². The summed E-state index contributed by atoms with van der Waals surface area (Å²) in [7, 11) is 0. The van der Waals surface area contributed by atoms with Crippen LogP contribution in [0.2, 0.25) is 0 Å². The molecule has 13 heavy (non-hydrogen) atoms. The van der Waals surface area contributed by atoms with Gasteiger partial charge in [0.2, 0.25) is 0 Å². The number of fused-ring (bicyclic) bond motifs is 1. The minimum atomic E-state index is -0.0200. The van der Waals surface area contributed by atoms with Crippen LogP contribution in [0.4, 0.5) is 5.69 Å². The van der Waals surface area contributed by atoms with Gasteiger partial charge in [0.15, 0.2) is 0 Å². The van der Waals surface area contributed by atoms with E-state index in [0.29, 0.717) is 0 Å². The second kappa shape index (κ2) is 3.18. The second-order valence-electron chi connectivity index (χ2n) is 3.27. The minimum Gasteiger partial charge on any atom is -0.342 e. The Hall–Kier alpha value is -1.35. The minimum absolute atomic E-state index is 0.0200. The van der Waals surface area contributed by atoms with Crippen LogP contribution in [-0.2, 0) is 6.54 Å². The molecule has 3 heteroatoms. The first-order chi connectivity index (χ1) is 6.27. The highest BCUT2D eigenvalue weighted by Gasteiger charge is 2.12. The van der Waals surface area contributed by atoms with Crippen LogP contribution >= 0.6 is 0 Å². The highest BCUT2D eigenvalue weighted by atomic mass is 15.1. The van der Waals surface area contributed by atoms with Crippen LogP contribution in [0.5, 0.6) is 0 Å². The molecule has 1 aliphatic heterocycles. The highest BCUT2D eigenvalue weighted by Crippen LogP contribution is 2.19. The predicted octanol–water partition coefficient (Wildman–Crippen LogP) is 1.36. The second-order valence-corrected chi connectivity index (χ2v) is 3.27. The Morgan fingerprint density at radius 2 is 2.23 bits per heavy atom. The first-order valence-corrected chi connectivity index (χ1v) is 4.42. The summed E-state index contributed by atoms with van der Waals surface area (Å²) in [6.45, 7) is 2.67. The summed E-state index contributed by atoms with van der Waals surface area (Å²) >= 11 is 0. The molecule has 0 fully saturated rings. The lowest BCUT2D eigenvalue weighted by Crippen LogP contribution is -2.34. The summed E-state index contributed by atoms with van der Waals surface area (Å²) in [5.74, 6) is 0.874. The summed E-state index contributed by atoms with van der Waals surface area (Å²) in [6.07, 6.45) is 0. The van der Waals surface area contributed by atoms with Crippen molar-refractivity contribution < 1.29 is 0 Å². The Morgan fingerprint density at radius 3 is 3.00 bits per heavy atom. The van der Waals surface area contributed by atoms with Gasteiger partial charge < -0.3 is 11.1 Å². The smallest absolute Gasteiger partial charge is 0.118 e. The van der Waals surface area contributed by atoms with Crippen LogP contribution in [0, 0.1) is 0 Å². The zero-order valence-corrected chi connectivity index (χ0v) is 7.62. The van der Waals surface area contributed by atoms with Crippen molar-refractivity contribution in [2.24, 2.45) is 10.7 Å². The average Bonchev–Trinajstić information content (AvgIpc) is 2.17. The first-order valence-electron chi connectivity index (χ1n) is 4.42. The largest absolute Gasteiger partial charge is 0.342 e. The van der Waals surface area contributed by atoms with E-state index in [0.717, 1.165) is 18.1 Å². The SMILES string of the molecule is CC(N)C1=NCc2ccccc2N1. The quantitative estimate of drug-likeness (QED) is 0.677. The van der Waals surface area contributed by atoms with Gasteiger partial charge in [-0.25, -0.2) is 0 Å². The molecule has 1 aliphatic rings.